The molecule has 6 heteroatoms. The Hall–Kier alpha value is -3.54. The number of methoxy groups -OCH3 is 1. The number of aryl methyl sites for hydroxylation is 2. The fraction of sp³-hybridized carbons (Fsp3) is 0.280. The van der Waals surface area contributed by atoms with Gasteiger partial charge in [0.2, 0.25) is 5.91 Å². The Labute approximate surface area is 183 Å². The zero-order valence-corrected chi connectivity index (χ0v) is 18.5. The SMILES string of the molecule is CCn1ccc(CN(C)C(=O)/C=C/c2ccc(OC)c(COc3cccc(C)c3)c2)n1. The maximum absolute atomic E-state index is 12.5. The molecule has 0 radical (unpaired) electrons. The van der Waals surface area contributed by atoms with Crippen LogP contribution in [0.3, 0.4) is 0 Å². The highest BCUT2D eigenvalue weighted by atomic mass is 16.5. The van der Waals surface area contributed by atoms with Crippen molar-refractivity contribution in [1.29, 1.82) is 0 Å². The number of hydrogen-bond donors (Lipinski definition) is 0. The molecular weight excluding hydrogens is 390 g/mol. The molecule has 2 aromatic carbocycles. The molecule has 3 rings (SSSR count). The van der Waals surface area contributed by atoms with Gasteiger partial charge in [-0.3, -0.25) is 9.48 Å². The van der Waals surface area contributed by atoms with Crippen LogP contribution in [0.1, 0.15) is 29.3 Å². The van der Waals surface area contributed by atoms with Crippen molar-refractivity contribution in [3.8, 4) is 11.5 Å². The van der Waals surface area contributed by atoms with Crippen molar-refractivity contribution in [2.75, 3.05) is 14.2 Å². The van der Waals surface area contributed by atoms with Crippen LogP contribution >= 0.6 is 0 Å². The van der Waals surface area contributed by atoms with Crippen LogP contribution in [-0.2, 0) is 24.5 Å². The molecule has 0 saturated carbocycles. The van der Waals surface area contributed by atoms with Gasteiger partial charge in [-0.2, -0.15) is 5.10 Å². The molecule has 1 aromatic heterocycles. The van der Waals surface area contributed by atoms with Crippen molar-refractivity contribution in [2.24, 2.45) is 0 Å². The van der Waals surface area contributed by atoms with Gasteiger partial charge >= 0.3 is 0 Å². The van der Waals surface area contributed by atoms with E-state index in [9.17, 15) is 4.79 Å². The molecule has 31 heavy (non-hydrogen) atoms. The number of hydrogen-bond acceptors (Lipinski definition) is 4. The summed E-state index contributed by atoms with van der Waals surface area (Å²) in [6.07, 6.45) is 5.30. The van der Waals surface area contributed by atoms with Crippen LogP contribution < -0.4 is 9.47 Å². The summed E-state index contributed by atoms with van der Waals surface area (Å²) in [4.78, 5) is 14.1. The van der Waals surface area contributed by atoms with Gasteiger partial charge in [-0.05, 0) is 61.4 Å². The fourth-order valence-corrected chi connectivity index (χ4v) is 3.16. The number of aromatic nitrogens is 2. The van der Waals surface area contributed by atoms with Crippen molar-refractivity contribution >= 4 is 12.0 Å². The molecule has 162 valence electrons. The maximum Gasteiger partial charge on any atom is 0.246 e. The molecule has 0 spiro atoms. The predicted octanol–water partition coefficient (Wildman–Crippen LogP) is 4.47. The average molecular weight is 420 g/mol. The van der Waals surface area contributed by atoms with Gasteiger partial charge < -0.3 is 14.4 Å². The molecule has 0 N–H and O–H groups in total. The lowest BCUT2D eigenvalue weighted by Crippen LogP contribution is -2.24. The van der Waals surface area contributed by atoms with E-state index in [1.807, 2.05) is 73.3 Å². The summed E-state index contributed by atoms with van der Waals surface area (Å²) in [5.41, 5.74) is 3.83. The van der Waals surface area contributed by atoms with Gasteiger partial charge in [-0.15, -0.1) is 0 Å². The quantitative estimate of drug-likeness (QED) is 0.480. The van der Waals surface area contributed by atoms with Crippen LogP contribution in [0.4, 0.5) is 0 Å². The van der Waals surface area contributed by atoms with Gasteiger partial charge in [0.1, 0.15) is 18.1 Å². The molecule has 0 aliphatic heterocycles. The molecule has 0 unspecified atom stereocenters. The Morgan fingerprint density at radius 3 is 2.74 bits per heavy atom. The van der Waals surface area contributed by atoms with Crippen molar-refractivity contribution in [2.45, 2.75) is 33.5 Å². The number of rotatable bonds is 9. The van der Waals surface area contributed by atoms with Crippen molar-refractivity contribution in [3.05, 3.63) is 83.2 Å². The largest absolute Gasteiger partial charge is 0.496 e. The molecule has 1 heterocycles. The van der Waals surface area contributed by atoms with Gasteiger partial charge in [0.05, 0.1) is 19.3 Å². The summed E-state index contributed by atoms with van der Waals surface area (Å²) < 4.78 is 13.2. The maximum atomic E-state index is 12.5. The number of likely N-dealkylation sites (N-methyl/N-ethyl adjacent to an activating group) is 1. The zero-order valence-electron chi connectivity index (χ0n) is 18.5. The molecule has 0 aliphatic carbocycles. The normalized spacial score (nSPS) is 11.0. The van der Waals surface area contributed by atoms with Crippen molar-refractivity contribution in [1.82, 2.24) is 14.7 Å². The lowest BCUT2D eigenvalue weighted by molar-refractivity contribution is -0.125. The summed E-state index contributed by atoms with van der Waals surface area (Å²) in [5.74, 6) is 1.48. The number of carbonyl (C=O) groups excluding carboxylic acids is 1. The average Bonchev–Trinajstić information content (AvgIpc) is 3.23. The van der Waals surface area contributed by atoms with E-state index < -0.39 is 0 Å². The van der Waals surface area contributed by atoms with Crippen LogP contribution in [0, 0.1) is 6.92 Å². The van der Waals surface area contributed by atoms with Crippen LogP contribution in [0.15, 0.2) is 60.8 Å². The van der Waals surface area contributed by atoms with E-state index in [4.69, 9.17) is 9.47 Å². The first-order valence-electron chi connectivity index (χ1n) is 10.3. The third kappa shape index (κ3) is 6.22. The summed E-state index contributed by atoms with van der Waals surface area (Å²) in [5, 5.41) is 4.42. The number of amides is 1. The number of ether oxygens (including phenoxy) is 2. The first-order chi connectivity index (χ1) is 15.0. The topological polar surface area (TPSA) is 56.6 Å². The predicted molar refractivity (Wildman–Crippen MR) is 122 cm³/mol. The number of nitrogens with zero attached hydrogens (tertiary/aromatic N) is 3. The van der Waals surface area contributed by atoms with E-state index in [1.165, 1.54) is 0 Å². The minimum absolute atomic E-state index is 0.0839. The highest BCUT2D eigenvalue weighted by molar-refractivity contribution is 5.91. The van der Waals surface area contributed by atoms with E-state index in [0.717, 1.165) is 40.4 Å². The van der Waals surface area contributed by atoms with Gasteiger partial charge in [0.15, 0.2) is 0 Å². The Morgan fingerprint density at radius 2 is 2.03 bits per heavy atom. The third-order valence-corrected chi connectivity index (χ3v) is 4.90. The molecule has 1 amide bonds. The Morgan fingerprint density at radius 1 is 1.19 bits per heavy atom. The van der Waals surface area contributed by atoms with Crippen LogP contribution in [0.25, 0.3) is 6.08 Å². The van der Waals surface area contributed by atoms with E-state index >= 15 is 0 Å². The van der Waals surface area contributed by atoms with Crippen LogP contribution in [0.5, 0.6) is 11.5 Å². The smallest absolute Gasteiger partial charge is 0.246 e. The van der Waals surface area contributed by atoms with Gasteiger partial charge in [0, 0.05) is 31.4 Å². The minimum Gasteiger partial charge on any atom is -0.496 e. The van der Waals surface area contributed by atoms with Crippen LogP contribution in [0.2, 0.25) is 0 Å². The standard InChI is InChI=1S/C25H29N3O3/c1-5-28-14-13-22(26-28)17-27(3)25(29)12-10-20-9-11-24(30-4)21(16-20)18-31-23-8-6-7-19(2)15-23/h6-16H,5,17-18H2,1-4H3/b12-10+. The van der Waals surface area contributed by atoms with E-state index in [0.29, 0.717) is 13.2 Å². The summed E-state index contributed by atoms with van der Waals surface area (Å²) in [7, 11) is 3.41. The van der Waals surface area contributed by atoms with E-state index in [1.54, 1.807) is 31.2 Å². The summed E-state index contributed by atoms with van der Waals surface area (Å²) in [6, 6.07) is 15.6. The molecule has 0 atom stereocenters. The molecule has 0 bridgehead atoms. The Bertz CT molecular complexity index is 1060. The highest BCUT2D eigenvalue weighted by Crippen LogP contribution is 2.23. The van der Waals surface area contributed by atoms with Gasteiger partial charge in [-0.1, -0.05) is 18.2 Å². The number of benzene rings is 2. The zero-order chi connectivity index (χ0) is 22.2. The molecule has 0 aliphatic rings. The van der Waals surface area contributed by atoms with Gasteiger partial charge in [-0.25, -0.2) is 0 Å². The molecule has 0 fully saturated rings. The first-order valence-corrected chi connectivity index (χ1v) is 10.3. The minimum atomic E-state index is -0.0839. The molecule has 0 saturated heterocycles. The first kappa shape index (κ1) is 22.2. The van der Waals surface area contributed by atoms with Crippen molar-refractivity contribution < 1.29 is 14.3 Å². The molecule has 3 aromatic rings. The second kappa shape index (κ2) is 10.5. The third-order valence-electron chi connectivity index (χ3n) is 4.90. The summed E-state index contributed by atoms with van der Waals surface area (Å²) in [6.45, 7) is 5.72. The van der Waals surface area contributed by atoms with Crippen molar-refractivity contribution in [3.63, 3.8) is 0 Å². The number of carbonyl (C=O) groups is 1. The molecular formula is C25H29N3O3. The molecule has 6 nitrogen and oxygen atoms in total. The Balaban J connectivity index is 1.65. The lowest BCUT2D eigenvalue weighted by Gasteiger charge is -2.13. The Kier molecular flexibility index (Phi) is 7.49. The second-order valence-electron chi connectivity index (χ2n) is 7.37. The lowest BCUT2D eigenvalue weighted by atomic mass is 10.1. The van der Waals surface area contributed by atoms with E-state index in [-0.39, 0.29) is 5.91 Å². The van der Waals surface area contributed by atoms with E-state index in [2.05, 4.69) is 5.10 Å². The monoisotopic (exact) mass is 419 g/mol. The van der Waals surface area contributed by atoms with Gasteiger partial charge in [0.25, 0.3) is 0 Å². The summed E-state index contributed by atoms with van der Waals surface area (Å²) >= 11 is 0. The highest BCUT2D eigenvalue weighted by Gasteiger charge is 2.09. The second-order valence-corrected chi connectivity index (χ2v) is 7.37. The fourth-order valence-electron chi connectivity index (χ4n) is 3.16. The van der Waals surface area contributed by atoms with Crippen LogP contribution in [-0.4, -0.2) is 34.7 Å².